The van der Waals surface area contributed by atoms with E-state index in [1.54, 1.807) is 45.3 Å². The zero-order valence-electron chi connectivity index (χ0n) is 19.9. The number of ether oxygens (including phenoxy) is 3. The third kappa shape index (κ3) is 5.46. The van der Waals surface area contributed by atoms with Crippen LogP contribution in [-0.4, -0.2) is 34.3 Å². The van der Waals surface area contributed by atoms with Gasteiger partial charge in [-0.05, 0) is 56.7 Å². The minimum atomic E-state index is -0.705. The van der Waals surface area contributed by atoms with Gasteiger partial charge in [-0.3, -0.25) is 9.55 Å². The van der Waals surface area contributed by atoms with Gasteiger partial charge < -0.3 is 14.2 Å². The SMILES string of the molecule is COC(=O)c1cn(C(=O)OC(C)(C)C)c2cc(Cl)c(-c3ccc(OCc4cccnc4)cc3)cc12. The van der Waals surface area contributed by atoms with Crippen molar-refractivity contribution in [1.29, 1.82) is 0 Å². The highest BCUT2D eigenvalue weighted by Gasteiger charge is 2.24. The van der Waals surface area contributed by atoms with E-state index in [1.165, 1.54) is 17.9 Å². The summed E-state index contributed by atoms with van der Waals surface area (Å²) in [5.41, 5.74) is 2.47. The molecule has 4 aromatic rings. The van der Waals surface area contributed by atoms with E-state index >= 15 is 0 Å². The first-order valence-electron chi connectivity index (χ1n) is 10.9. The van der Waals surface area contributed by atoms with Gasteiger partial charge in [0.05, 0.1) is 23.2 Å². The van der Waals surface area contributed by atoms with Crippen LogP contribution in [0, 0.1) is 0 Å². The first-order valence-corrected chi connectivity index (χ1v) is 11.3. The molecule has 0 unspecified atom stereocenters. The van der Waals surface area contributed by atoms with E-state index in [0.29, 0.717) is 33.8 Å². The van der Waals surface area contributed by atoms with Crippen LogP contribution in [-0.2, 0) is 16.1 Å². The van der Waals surface area contributed by atoms with Gasteiger partial charge in [-0.15, -0.1) is 0 Å². The van der Waals surface area contributed by atoms with Crippen molar-refractivity contribution in [2.24, 2.45) is 0 Å². The maximum Gasteiger partial charge on any atom is 0.419 e. The van der Waals surface area contributed by atoms with Crippen molar-refractivity contribution in [1.82, 2.24) is 9.55 Å². The molecule has 0 N–H and O–H groups in total. The van der Waals surface area contributed by atoms with Gasteiger partial charge in [-0.2, -0.15) is 0 Å². The molecular formula is C27H25ClN2O5. The van der Waals surface area contributed by atoms with Crippen LogP contribution >= 0.6 is 11.6 Å². The lowest BCUT2D eigenvalue weighted by atomic mass is 10.0. The zero-order chi connectivity index (χ0) is 25.2. The Morgan fingerprint density at radius 1 is 1.09 bits per heavy atom. The molecule has 2 heterocycles. The standard InChI is InChI=1S/C27H25ClN2O5/c1-27(2,3)35-26(32)30-15-22(25(31)33-4)21-12-20(23(28)13-24(21)30)18-7-9-19(10-8-18)34-16-17-6-5-11-29-14-17/h5-15H,16H2,1-4H3. The topological polar surface area (TPSA) is 79.7 Å². The number of fused-ring (bicyclic) bond motifs is 1. The molecule has 0 fully saturated rings. The summed E-state index contributed by atoms with van der Waals surface area (Å²) >= 11 is 6.63. The molecule has 0 aliphatic rings. The van der Waals surface area contributed by atoms with E-state index in [0.717, 1.165) is 11.1 Å². The summed E-state index contributed by atoms with van der Waals surface area (Å²) in [5.74, 6) is 0.130. The molecule has 4 rings (SSSR count). The molecule has 0 radical (unpaired) electrons. The molecule has 8 heteroatoms. The smallest absolute Gasteiger partial charge is 0.419 e. The molecule has 35 heavy (non-hydrogen) atoms. The predicted octanol–water partition coefficient (Wildman–Crippen LogP) is 6.51. The number of esters is 1. The highest BCUT2D eigenvalue weighted by molar-refractivity contribution is 6.34. The van der Waals surface area contributed by atoms with Crippen LogP contribution in [0.5, 0.6) is 5.75 Å². The number of aromatic nitrogens is 2. The van der Waals surface area contributed by atoms with Gasteiger partial charge in [0.2, 0.25) is 0 Å². The maximum atomic E-state index is 12.8. The number of benzene rings is 2. The summed E-state index contributed by atoms with van der Waals surface area (Å²) in [6, 6.07) is 14.7. The molecule has 2 aromatic carbocycles. The van der Waals surface area contributed by atoms with Gasteiger partial charge >= 0.3 is 12.1 Å². The molecule has 7 nitrogen and oxygen atoms in total. The van der Waals surface area contributed by atoms with E-state index < -0.39 is 17.7 Å². The Morgan fingerprint density at radius 3 is 2.46 bits per heavy atom. The Labute approximate surface area is 208 Å². The number of hydrogen-bond acceptors (Lipinski definition) is 6. The molecule has 0 aliphatic heterocycles. The van der Waals surface area contributed by atoms with Crippen LogP contribution in [0.15, 0.2) is 67.1 Å². The Hall–Kier alpha value is -3.84. The number of pyridine rings is 1. The Balaban J connectivity index is 1.68. The summed E-state index contributed by atoms with van der Waals surface area (Å²) < 4.78 is 17.5. The van der Waals surface area contributed by atoms with Gasteiger partial charge in [0.25, 0.3) is 0 Å². The van der Waals surface area contributed by atoms with E-state index in [-0.39, 0.29) is 5.56 Å². The van der Waals surface area contributed by atoms with Crippen LogP contribution in [0.2, 0.25) is 5.02 Å². The number of rotatable bonds is 5. The van der Waals surface area contributed by atoms with E-state index in [1.807, 2.05) is 36.4 Å². The van der Waals surface area contributed by atoms with Crippen molar-refractivity contribution in [2.75, 3.05) is 7.11 Å². The Morgan fingerprint density at radius 2 is 1.83 bits per heavy atom. The lowest BCUT2D eigenvalue weighted by Crippen LogP contribution is -2.26. The first kappa shape index (κ1) is 24.3. The van der Waals surface area contributed by atoms with Gasteiger partial charge in [-0.1, -0.05) is 29.8 Å². The quantitative estimate of drug-likeness (QED) is 0.296. The number of carbonyl (C=O) groups excluding carboxylic acids is 2. The van der Waals surface area contributed by atoms with Crippen molar-refractivity contribution in [2.45, 2.75) is 33.0 Å². The fourth-order valence-electron chi connectivity index (χ4n) is 3.58. The lowest BCUT2D eigenvalue weighted by molar-refractivity contribution is 0.0544. The largest absolute Gasteiger partial charge is 0.489 e. The van der Waals surface area contributed by atoms with Crippen LogP contribution in [0.1, 0.15) is 36.7 Å². The molecule has 0 amide bonds. The molecule has 0 atom stereocenters. The summed E-state index contributed by atoms with van der Waals surface area (Å²) in [6.07, 6.45) is 4.27. The highest BCUT2D eigenvalue weighted by Crippen LogP contribution is 2.35. The summed E-state index contributed by atoms with van der Waals surface area (Å²) in [7, 11) is 1.29. The molecule has 0 saturated heterocycles. The van der Waals surface area contributed by atoms with Crippen molar-refractivity contribution in [3.8, 4) is 16.9 Å². The van der Waals surface area contributed by atoms with Crippen molar-refractivity contribution < 1.29 is 23.8 Å². The first-order chi connectivity index (χ1) is 16.7. The van der Waals surface area contributed by atoms with Crippen LogP contribution in [0.4, 0.5) is 4.79 Å². The molecule has 0 aliphatic carbocycles. The second kappa shape index (κ2) is 9.80. The minimum Gasteiger partial charge on any atom is -0.489 e. The molecule has 2 aromatic heterocycles. The fraction of sp³-hybridized carbons (Fsp3) is 0.222. The van der Waals surface area contributed by atoms with Gasteiger partial charge in [0.1, 0.15) is 18.0 Å². The monoisotopic (exact) mass is 492 g/mol. The van der Waals surface area contributed by atoms with Crippen molar-refractivity contribution >= 4 is 34.6 Å². The fourth-order valence-corrected chi connectivity index (χ4v) is 3.85. The molecule has 0 spiro atoms. The molecule has 180 valence electrons. The Kier molecular flexibility index (Phi) is 6.80. The second-order valence-electron chi connectivity index (χ2n) is 8.91. The predicted molar refractivity (Wildman–Crippen MR) is 134 cm³/mol. The molecule has 0 bridgehead atoms. The van der Waals surface area contributed by atoms with Crippen LogP contribution in [0.3, 0.4) is 0 Å². The number of nitrogens with zero attached hydrogens (tertiary/aromatic N) is 2. The average Bonchev–Trinajstić information content (AvgIpc) is 3.20. The summed E-state index contributed by atoms with van der Waals surface area (Å²) in [4.78, 5) is 29.3. The van der Waals surface area contributed by atoms with E-state index in [2.05, 4.69) is 4.98 Å². The van der Waals surface area contributed by atoms with Gasteiger partial charge in [-0.25, -0.2) is 9.59 Å². The third-order valence-electron chi connectivity index (χ3n) is 5.18. The Bertz CT molecular complexity index is 1370. The number of carbonyl (C=O) groups is 2. The normalized spacial score (nSPS) is 11.3. The van der Waals surface area contributed by atoms with E-state index in [9.17, 15) is 9.59 Å². The third-order valence-corrected chi connectivity index (χ3v) is 5.50. The number of hydrogen-bond donors (Lipinski definition) is 0. The van der Waals surface area contributed by atoms with Crippen molar-refractivity contribution in [3.05, 3.63) is 83.3 Å². The number of halogens is 1. The van der Waals surface area contributed by atoms with E-state index in [4.69, 9.17) is 25.8 Å². The van der Waals surface area contributed by atoms with Crippen molar-refractivity contribution in [3.63, 3.8) is 0 Å². The maximum absolute atomic E-state index is 12.8. The average molecular weight is 493 g/mol. The zero-order valence-corrected chi connectivity index (χ0v) is 20.6. The molecular weight excluding hydrogens is 468 g/mol. The second-order valence-corrected chi connectivity index (χ2v) is 9.32. The van der Waals surface area contributed by atoms with Crippen LogP contribution < -0.4 is 4.74 Å². The van der Waals surface area contributed by atoms with Gasteiger partial charge in [0.15, 0.2) is 0 Å². The lowest BCUT2D eigenvalue weighted by Gasteiger charge is -2.19. The summed E-state index contributed by atoms with van der Waals surface area (Å²) in [6.45, 7) is 5.72. The summed E-state index contributed by atoms with van der Waals surface area (Å²) in [5, 5.41) is 0.944. The highest BCUT2D eigenvalue weighted by atomic mass is 35.5. The number of methoxy groups -OCH3 is 1. The van der Waals surface area contributed by atoms with Crippen LogP contribution in [0.25, 0.3) is 22.0 Å². The molecule has 0 saturated carbocycles. The minimum absolute atomic E-state index is 0.239. The van der Waals surface area contributed by atoms with Gasteiger partial charge in [0, 0.05) is 35.1 Å².